The standard InChI is InChI=1S/C15H29N3O/c1-12-3-2-4-13(6-5-12)17-14-7-9-18(10-8-14)11-15(16)19/h12-14,17H,2-11H2,1H3,(H2,16,19). The largest absolute Gasteiger partial charge is 0.369 e. The van der Waals surface area contributed by atoms with E-state index in [9.17, 15) is 4.79 Å². The molecule has 0 aromatic carbocycles. The molecule has 1 amide bonds. The number of carbonyl (C=O) groups excluding carboxylic acids is 1. The maximum absolute atomic E-state index is 10.9. The molecule has 2 unspecified atom stereocenters. The van der Waals surface area contributed by atoms with Crippen LogP contribution in [0.25, 0.3) is 0 Å². The third-order valence-electron chi connectivity index (χ3n) is 4.70. The third-order valence-corrected chi connectivity index (χ3v) is 4.70. The lowest BCUT2D eigenvalue weighted by atomic mass is 10.0. The van der Waals surface area contributed by atoms with Gasteiger partial charge in [0.25, 0.3) is 0 Å². The van der Waals surface area contributed by atoms with Crippen molar-refractivity contribution in [3.63, 3.8) is 0 Å². The Hall–Kier alpha value is -0.610. The Morgan fingerprint density at radius 3 is 2.47 bits per heavy atom. The SMILES string of the molecule is CC1CCCC(NC2CCN(CC(N)=O)CC2)CC1. The average molecular weight is 267 g/mol. The van der Waals surface area contributed by atoms with Crippen LogP contribution in [0.1, 0.15) is 51.9 Å². The van der Waals surface area contributed by atoms with Crippen LogP contribution >= 0.6 is 0 Å². The van der Waals surface area contributed by atoms with Crippen molar-refractivity contribution in [3.8, 4) is 0 Å². The fraction of sp³-hybridized carbons (Fsp3) is 0.933. The quantitative estimate of drug-likeness (QED) is 0.759. The summed E-state index contributed by atoms with van der Waals surface area (Å²) in [7, 11) is 0. The van der Waals surface area contributed by atoms with E-state index in [0.717, 1.165) is 37.9 Å². The minimum Gasteiger partial charge on any atom is -0.369 e. The first-order valence-electron chi connectivity index (χ1n) is 7.90. The van der Waals surface area contributed by atoms with Gasteiger partial charge >= 0.3 is 0 Å². The molecule has 0 spiro atoms. The number of carbonyl (C=O) groups is 1. The molecule has 110 valence electrons. The van der Waals surface area contributed by atoms with Crippen molar-refractivity contribution >= 4 is 5.91 Å². The normalized spacial score (nSPS) is 31.0. The molecule has 2 atom stereocenters. The molecular formula is C15H29N3O. The van der Waals surface area contributed by atoms with Crippen LogP contribution in [0.15, 0.2) is 0 Å². The molecule has 0 aromatic heterocycles. The Balaban J connectivity index is 1.68. The molecule has 0 aromatic rings. The van der Waals surface area contributed by atoms with Crippen LogP contribution in [-0.2, 0) is 4.79 Å². The van der Waals surface area contributed by atoms with Gasteiger partial charge in [-0.2, -0.15) is 0 Å². The Bertz CT molecular complexity index is 287. The van der Waals surface area contributed by atoms with Gasteiger partial charge in [0.15, 0.2) is 0 Å². The van der Waals surface area contributed by atoms with E-state index in [-0.39, 0.29) is 5.91 Å². The van der Waals surface area contributed by atoms with Crippen LogP contribution in [0.3, 0.4) is 0 Å². The van der Waals surface area contributed by atoms with Crippen LogP contribution in [0, 0.1) is 5.92 Å². The maximum atomic E-state index is 10.9. The van der Waals surface area contributed by atoms with Crippen molar-refractivity contribution in [2.24, 2.45) is 11.7 Å². The molecule has 1 aliphatic carbocycles. The van der Waals surface area contributed by atoms with Gasteiger partial charge in [-0.15, -0.1) is 0 Å². The van der Waals surface area contributed by atoms with Crippen LogP contribution in [0.2, 0.25) is 0 Å². The van der Waals surface area contributed by atoms with E-state index in [0.29, 0.717) is 12.6 Å². The Morgan fingerprint density at radius 1 is 1.11 bits per heavy atom. The number of likely N-dealkylation sites (tertiary alicyclic amines) is 1. The smallest absolute Gasteiger partial charge is 0.231 e. The van der Waals surface area contributed by atoms with E-state index in [1.54, 1.807) is 0 Å². The van der Waals surface area contributed by atoms with E-state index >= 15 is 0 Å². The zero-order valence-corrected chi connectivity index (χ0v) is 12.2. The van der Waals surface area contributed by atoms with Crippen LogP contribution in [0.4, 0.5) is 0 Å². The lowest BCUT2D eigenvalue weighted by Gasteiger charge is -2.33. The second kappa shape index (κ2) is 7.25. The number of nitrogens with zero attached hydrogens (tertiary/aromatic N) is 1. The fourth-order valence-corrected chi connectivity index (χ4v) is 3.47. The highest BCUT2D eigenvalue weighted by Gasteiger charge is 2.23. The number of amides is 1. The number of primary amides is 1. The van der Waals surface area contributed by atoms with E-state index in [2.05, 4.69) is 17.1 Å². The van der Waals surface area contributed by atoms with Gasteiger partial charge in [0.1, 0.15) is 0 Å². The second-order valence-electron chi connectivity index (χ2n) is 6.49. The lowest BCUT2D eigenvalue weighted by molar-refractivity contribution is -0.119. The summed E-state index contributed by atoms with van der Waals surface area (Å²) in [5.74, 6) is 0.702. The van der Waals surface area contributed by atoms with Crippen molar-refractivity contribution in [1.29, 1.82) is 0 Å². The van der Waals surface area contributed by atoms with E-state index in [1.165, 1.54) is 32.1 Å². The molecule has 1 aliphatic heterocycles. The minimum atomic E-state index is -0.204. The van der Waals surface area contributed by atoms with Gasteiger partial charge in [0, 0.05) is 25.2 Å². The predicted octanol–water partition coefficient (Wildman–Crippen LogP) is 1.49. The number of nitrogens with one attached hydrogen (secondary N) is 1. The van der Waals surface area contributed by atoms with Gasteiger partial charge in [0.2, 0.25) is 5.91 Å². The first-order valence-corrected chi connectivity index (χ1v) is 7.90. The summed E-state index contributed by atoms with van der Waals surface area (Å²) in [4.78, 5) is 13.1. The van der Waals surface area contributed by atoms with E-state index in [4.69, 9.17) is 5.73 Å². The summed E-state index contributed by atoms with van der Waals surface area (Å²) in [6.45, 7) is 4.81. The van der Waals surface area contributed by atoms with Crippen LogP contribution in [-0.4, -0.2) is 42.5 Å². The summed E-state index contributed by atoms with van der Waals surface area (Å²) in [6.07, 6.45) is 9.12. The fourth-order valence-electron chi connectivity index (χ4n) is 3.47. The van der Waals surface area contributed by atoms with Gasteiger partial charge < -0.3 is 11.1 Å². The molecule has 0 radical (unpaired) electrons. The highest BCUT2D eigenvalue weighted by atomic mass is 16.1. The number of piperidine rings is 1. The number of hydrogen-bond donors (Lipinski definition) is 2. The minimum absolute atomic E-state index is 0.204. The average Bonchev–Trinajstić information content (AvgIpc) is 2.56. The van der Waals surface area contributed by atoms with Crippen molar-refractivity contribution in [2.75, 3.05) is 19.6 Å². The first kappa shape index (κ1) is 14.8. The summed E-state index contributed by atoms with van der Waals surface area (Å²) in [5, 5.41) is 3.85. The number of hydrogen-bond acceptors (Lipinski definition) is 3. The molecule has 3 N–H and O–H groups in total. The molecular weight excluding hydrogens is 238 g/mol. The zero-order chi connectivity index (χ0) is 13.7. The van der Waals surface area contributed by atoms with Crippen molar-refractivity contribution in [1.82, 2.24) is 10.2 Å². The molecule has 2 fully saturated rings. The molecule has 0 bridgehead atoms. The van der Waals surface area contributed by atoms with Gasteiger partial charge in [-0.25, -0.2) is 0 Å². The number of rotatable bonds is 4. The molecule has 4 heteroatoms. The molecule has 1 saturated heterocycles. The van der Waals surface area contributed by atoms with Gasteiger partial charge in [-0.1, -0.05) is 19.8 Å². The summed E-state index contributed by atoms with van der Waals surface area (Å²) in [5.41, 5.74) is 5.24. The van der Waals surface area contributed by atoms with Gasteiger partial charge in [0.05, 0.1) is 6.54 Å². The monoisotopic (exact) mass is 267 g/mol. The maximum Gasteiger partial charge on any atom is 0.231 e. The molecule has 2 aliphatic rings. The summed E-state index contributed by atoms with van der Waals surface area (Å²) < 4.78 is 0. The molecule has 1 saturated carbocycles. The summed E-state index contributed by atoms with van der Waals surface area (Å²) >= 11 is 0. The highest BCUT2D eigenvalue weighted by Crippen LogP contribution is 2.23. The van der Waals surface area contributed by atoms with Crippen LogP contribution in [0.5, 0.6) is 0 Å². The van der Waals surface area contributed by atoms with Gasteiger partial charge in [-0.05, 0) is 38.0 Å². The Morgan fingerprint density at radius 2 is 1.79 bits per heavy atom. The molecule has 2 rings (SSSR count). The number of nitrogens with two attached hydrogens (primary N) is 1. The van der Waals surface area contributed by atoms with Crippen LogP contribution < -0.4 is 11.1 Å². The van der Waals surface area contributed by atoms with Crippen molar-refractivity contribution in [2.45, 2.75) is 64.0 Å². The van der Waals surface area contributed by atoms with E-state index in [1.807, 2.05) is 0 Å². The lowest BCUT2D eigenvalue weighted by Crippen LogP contribution is -2.47. The van der Waals surface area contributed by atoms with Gasteiger partial charge in [-0.3, -0.25) is 9.69 Å². The molecule has 1 heterocycles. The first-order chi connectivity index (χ1) is 9.13. The second-order valence-corrected chi connectivity index (χ2v) is 6.49. The molecule has 4 nitrogen and oxygen atoms in total. The van der Waals surface area contributed by atoms with Crippen molar-refractivity contribution < 1.29 is 4.79 Å². The summed E-state index contributed by atoms with van der Waals surface area (Å²) in [6, 6.07) is 1.36. The zero-order valence-electron chi connectivity index (χ0n) is 12.2. The molecule has 19 heavy (non-hydrogen) atoms. The Kier molecular flexibility index (Phi) is 5.64. The third kappa shape index (κ3) is 5.11. The predicted molar refractivity (Wildman–Crippen MR) is 77.8 cm³/mol. The highest BCUT2D eigenvalue weighted by molar-refractivity contribution is 5.75. The van der Waals surface area contributed by atoms with E-state index < -0.39 is 0 Å². The Labute approximate surface area is 117 Å². The topological polar surface area (TPSA) is 58.4 Å². The van der Waals surface area contributed by atoms with Crippen molar-refractivity contribution in [3.05, 3.63) is 0 Å².